The summed E-state index contributed by atoms with van der Waals surface area (Å²) in [6, 6.07) is 9.80. The Hall–Kier alpha value is -3.35. The summed E-state index contributed by atoms with van der Waals surface area (Å²) in [5, 5.41) is 18.0. The van der Waals surface area contributed by atoms with Crippen LogP contribution in [0.25, 0.3) is 0 Å². The third-order valence-electron chi connectivity index (χ3n) is 2.86. The number of esters is 2. The first kappa shape index (κ1) is 18.7. The predicted octanol–water partition coefficient (Wildman–Crippen LogP) is 2.17. The van der Waals surface area contributed by atoms with E-state index < -0.39 is 11.9 Å². The van der Waals surface area contributed by atoms with Gasteiger partial charge in [0.1, 0.15) is 11.5 Å². The molecule has 2 aromatic rings. The van der Waals surface area contributed by atoms with Crippen molar-refractivity contribution in [1.82, 2.24) is 0 Å². The number of benzene rings is 2. The standard InChI is InChI=1S/C9H8O4.C8H8O3/c1-13-9(12)6-2-3-8(11)7(4-6)5-10;1-11-8(10)6-2-4-7(9)5-3-6/h2-5,11H,1H3;2-5,9H,1H3. The van der Waals surface area contributed by atoms with Gasteiger partial charge in [0.15, 0.2) is 6.29 Å². The second-order valence-corrected chi connectivity index (χ2v) is 4.42. The minimum Gasteiger partial charge on any atom is -0.508 e. The number of ether oxygens (including phenoxy) is 2. The van der Waals surface area contributed by atoms with Crippen LogP contribution in [0.5, 0.6) is 11.5 Å². The van der Waals surface area contributed by atoms with Crippen LogP contribution in [-0.2, 0) is 9.47 Å². The number of aldehydes is 1. The van der Waals surface area contributed by atoms with E-state index in [2.05, 4.69) is 9.47 Å². The smallest absolute Gasteiger partial charge is 0.337 e. The highest BCUT2D eigenvalue weighted by Gasteiger charge is 2.08. The summed E-state index contributed by atoms with van der Waals surface area (Å²) in [5.41, 5.74) is 0.746. The Balaban J connectivity index is 0.000000243. The molecule has 2 rings (SSSR count). The van der Waals surface area contributed by atoms with Gasteiger partial charge in [-0.2, -0.15) is 0 Å². The van der Waals surface area contributed by atoms with Gasteiger partial charge in [-0.3, -0.25) is 4.79 Å². The van der Waals surface area contributed by atoms with Gasteiger partial charge in [-0.1, -0.05) is 0 Å². The van der Waals surface area contributed by atoms with Gasteiger partial charge < -0.3 is 19.7 Å². The summed E-state index contributed by atoms with van der Waals surface area (Å²) in [6.07, 6.45) is 0.474. The number of phenolic OH excluding ortho intramolecular Hbond substituents is 2. The highest BCUT2D eigenvalue weighted by molar-refractivity contribution is 5.92. The fourth-order valence-corrected chi connectivity index (χ4v) is 1.61. The summed E-state index contributed by atoms with van der Waals surface area (Å²) in [4.78, 5) is 32.2. The van der Waals surface area contributed by atoms with Crippen molar-refractivity contribution in [3.05, 3.63) is 59.2 Å². The van der Waals surface area contributed by atoms with Gasteiger partial charge >= 0.3 is 11.9 Å². The van der Waals surface area contributed by atoms with Crippen LogP contribution in [-0.4, -0.2) is 42.7 Å². The third kappa shape index (κ3) is 5.13. The van der Waals surface area contributed by atoms with Crippen molar-refractivity contribution in [3.8, 4) is 11.5 Å². The molecule has 7 heteroatoms. The molecule has 0 unspecified atom stereocenters. The Labute approximate surface area is 138 Å². The van der Waals surface area contributed by atoms with Crippen LogP contribution >= 0.6 is 0 Å². The summed E-state index contributed by atoms with van der Waals surface area (Å²) < 4.78 is 8.89. The van der Waals surface area contributed by atoms with Crippen molar-refractivity contribution in [1.29, 1.82) is 0 Å². The maximum atomic E-state index is 11.0. The van der Waals surface area contributed by atoms with Crippen molar-refractivity contribution in [2.45, 2.75) is 0 Å². The predicted molar refractivity (Wildman–Crippen MR) is 84.3 cm³/mol. The lowest BCUT2D eigenvalue weighted by atomic mass is 10.1. The molecule has 0 radical (unpaired) electrons. The average Bonchev–Trinajstić information content (AvgIpc) is 2.62. The highest BCUT2D eigenvalue weighted by atomic mass is 16.5. The molecule has 2 aromatic carbocycles. The van der Waals surface area contributed by atoms with E-state index in [1.54, 1.807) is 0 Å². The molecule has 0 aliphatic heterocycles. The minimum atomic E-state index is -0.539. The second kappa shape index (κ2) is 8.94. The highest BCUT2D eigenvalue weighted by Crippen LogP contribution is 2.16. The summed E-state index contributed by atoms with van der Waals surface area (Å²) in [5.74, 6) is -0.951. The molecule has 0 saturated carbocycles. The SMILES string of the molecule is COC(=O)c1ccc(O)c(C=O)c1.COC(=O)c1ccc(O)cc1. The van der Waals surface area contributed by atoms with Crippen LogP contribution in [0.15, 0.2) is 42.5 Å². The minimum absolute atomic E-state index is 0.0721. The topological polar surface area (TPSA) is 110 Å². The number of hydrogen-bond donors (Lipinski definition) is 2. The molecule has 0 amide bonds. The number of carbonyl (C=O) groups is 3. The molecule has 0 bridgehead atoms. The number of rotatable bonds is 3. The fraction of sp³-hybridized carbons (Fsp3) is 0.118. The Morgan fingerprint density at radius 1 is 0.875 bits per heavy atom. The van der Waals surface area contributed by atoms with E-state index in [4.69, 9.17) is 10.2 Å². The molecule has 0 atom stereocenters. The molecule has 0 saturated heterocycles. The van der Waals surface area contributed by atoms with Crippen molar-refractivity contribution in [3.63, 3.8) is 0 Å². The third-order valence-corrected chi connectivity index (χ3v) is 2.86. The molecule has 7 nitrogen and oxygen atoms in total. The van der Waals surface area contributed by atoms with E-state index in [1.165, 1.54) is 56.7 Å². The lowest BCUT2D eigenvalue weighted by molar-refractivity contribution is 0.0591. The molecule has 0 aromatic heterocycles. The van der Waals surface area contributed by atoms with Crippen molar-refractivity contribution >= 4 is 18.2 Å². The molecule has 2 N–H and O–H groups in total. The van der Waals surface area contributed by atoms with Crippen LogP contribution in [0.1, 0.15) is 31.1 Å². The Kier molecular flexibility index (Phi) is 6.97. The van der Waals surface area contributed by atoms with E-state index in [9.17, 15) is 14.4 Å². The lowest BCUT2D eigenvalue weighted by Crippen LogP contribution is -2.01. The average molecular weight is 332 g/mol. The number of aromatic hydroxyl groups is 2. The van der Waals surface area contributed by atoms with Crippen LogP contribution < -0.4 is 0 Å². The van der Waals surface area contributed by atoms with E-state index >= 15 is 0 Å². The van der Waals surface area contributed by atoms with Crippen LogP contribution in [0.2, 0.25) is 0 Å². The van der Waals surface area contributed by atoms with Gasteiger partial charge in [0.05, 0.1) is 30.9 Å². The summed E-state index contributed by atoms with van der Waals surface area (Å²) in [7, 11) is 2.56. The zero-order valence-electron chi connectivity index (χ0n) is 13.1. The van der Waals surface area contributed by atoms with Gasteiger partial charge in [0.2, 0.25) is 0 Å². The summed E-state index contributed by atoms with van der Waals surface area (Å²) in [6.45, 7) is 0. The molecule has 24 heavy (non-hydrogen) atoms. The zero-order valence-corrected chi connectivity index (χ0v) is 13.1. The van der Waals surface area contributed by atoms with E-state index in [0.717, 1.165) is 0 Å². The zero-order chi connectivity index (χ0) is 18.1. The van der Waals surface area contributed by atoms with Gasteiger partial charge in [-0.05, 0) is 42.5 Å². The maximum Gasteiger partial charge on any atom is 0.337 e. The van der Waals surface area contributed by atoms with Gasteiger partial charge in [-0.15, -0.1) is 0 Å². The first-order chi connectivity index (χ1) is 11.4. The quantitative estimate of drug-likeness (QED) is 0.654. The Bertz CT molecular complexity index is 720. The first-order valence-electron chi connectivity index (χ1n) is 6.66. The number of carbonyl (C=O) groups excluding carboxylic acids is 3. The molecule has 0 fully saturated rings. The molecule has 0 aliphatic carbocycles. The fourth-order valence-electron chi connectivity index (χ4n) is 1.61. The first-order valence-corrected chi connectivity index (χ1v) is 6.66. The lowest BCUT2D eigenvalue weighted by Gasteiger charge is -2.00. The monoisotopic (exact) mass is 332 g/mol. The molecular formula is C17H16O7. The normalized spacial score (nSPS) is 9.25. The van der Waals surface area contributed by atoms with Crippen molar-refractivity contribution < 1.29 is 34.1 Å². The van der Waals surface area contributed by atoms with E-state index in [0.29, 0.717) is 11.8 Å². The Morgan fingerprint density at radius 3 is 1.88 bits per heavy atom. The van der Waals surface area contributed by atoms with Crippen molar-refractivity contribution in [2.75, 3.05) is 14.2 Å². The molecular weight excluding hydrogens is 316 g/mol. The van der Waals surface area contributed by atoms with Gasteiger partial charge in [0, 0.05) is 0 Å². The largest absolute Gasteiger partial charge is 0.508 e. The molecule has 126 valence electrons. The van der Waals surface area contributed by atoms with Gasteiger partial charge in [0.25, 0.3) is 0 Å². The number of phenols is 2. The molecule has 0 aliphatic rings. The van der Waals surface area contributed by atoms with Crippen LogP contribution in [0.3, 0.4) is 0 Å². The van der Waals surface area contributed by atoms with E-state index in [1.807, 2.05) is 0 Å². The van der Waals surface area contributed by atoms with Gasteiger partial charge in [-0.25, -0.2) is 9.59 Å². The second-order valence-electron chi connectivity index (χ2n) is 4.42. The van der Waals surface area contributed by atoms with Crippen LogP contribution in [0.4, 0.5) is 0 Å². The number of methoxy groups -OCH3 is 2. The Morgan fingerprint density at radius 2 is 1.38 bits per heavy atom. The number of hydrogen-bond acceptors (Lipinski definition) is 7. The maximum absolute atomic E-state index is 11.0. The van der Waals surface area contributed by atoms with Crippen LogP contribution in [0, 0.1) is 0 Å². The van der Waals surface area contributed by atoms with E-state index in [-0.39, 0.29) is 22.6 Å². The molecule has 0 spiro atoms. The molecule has 0 heterocycles. The summed E-state index contributed by atoms with van der Waals surface area (Å²) >= 11 is 0. The van der Waals surface area contributed by atoms with Crippen molar-refractivity contribution in [2.24, 2.45) is 0 Å².